The van der Waals surface area contributed by atoms with E-state index in [1.165, 1.54) is 0 Å². The molecule has 0 amide bonds. The summed E-state index contributed by atoms with van der Waals surface area (Å²) in [6.07, 6.45) is 1.04. The average Bonchev–Trinajstić information content (AvgIpc) is 1.87. The van der Waals surface area contributed by atoms with E-state index in [9.17, 15) is 4.79 Å². The molecule has 0 aliphatic carbocycles. The normalized spacial score (nSPS) is 10.2. The second-order valence-electron chi connectivity index (χ2n) is 2.63. The summed E-state index contributed by atoms with van der Waals surface area (Å²) in [7, 11) is 3.88. The van der Waals surface area contributed by atoms with Gasteiger partial charge in [-0.05, 0) is 20.5 Å². The molecule has 11 heavy (non-hydrogen) atoms. The lowest BCUT2D eigenvalue weighted by molar-refractivity contribution is -0.143. The Morgan fingerprint density at radius 3 is 2.64 bits per heavy atom. The number of carbonyl (C=O) groups excluding carboxylic acids is 1. The molecule has 0 rings (SSSR count). The lowest BCUT2D eigenvalue weighted by atomic mass is 10.3. The summed E-state index contributed by atoms with van der Waals surface area (Å²) in [5.74, 6) is -0.151. The van der Waals surface area contributed by atoms with Crippen molar-refractivity contribution >= 4 is 5.97 Å². The van der Waals surface area contributed by atoms with Crippen molar-refractivity contribution in [1.82, 2.24) is 4.90 Å². The minimum Gasteiger partial charge on any atom is -0.464 e. The zero-order valence-corrected chi connectivity index (χ0v) is 7.30. The minimum absolute atomic E-state index is 0.151. The second kappa shape index (κ2) is 6.16. The molecule has 0 atom stereocenters. The number of ether oxygens (including phenoxy) is 1. The molecular weight excluding hydrogens is 142 g/mol. The Morgan fingerprint density at radius 1 is 1.55 bits per heavy atom. The number of hydrogen-bond acceptors (Lipinski definition) is 3. The van der Waals surface area contributed by atoms with Gasteiger partial charge in [0.1, 0.15) is 6.61 Å². The van der Waals surface area contributed by atoms with Gasteiger partial charge in [0, 0.05) is 13.0 Å². The molecular formula is C8H16NO2. The van der Waals surface area contributed by atoms with Crippen LogP contribution in [-0.4, -0.2) is 38.1 Å². The van der Waals surface area contributed by atoms with Crippen LogP contribution in [0.4, 0.5) is 0 Å². The smallest absolute Gasteiger partial charge is 0.305 e. The standard InChI is InChI=1S/C8H16NO2/c1-4-5-8(10)11-7-6-9(2)3/h1,4-7H2,2-3H3. The van der Waals surface area contributed by atoms with Gasteiger partial charge in [-0.3, -0.25) is 4.79 Å². The Bertz CT molecular complexity index is 113. The van der Waals surface area contributed by atoms with Crippen LogP contribution in [0.15, 0.2) is 0 Å². The van der Waals surface area contributed by atoms with Gasteiger partial charge in [-0.1, -0.05) is 6.92 Å². The zero-order valence-electron chi connectivity index (χ0n) is 7.30. The van der Waals surface area contributed by atoms with Crippen molar-refractivity contribution in [3.8, 4) is 0 Å². The summed E-state index contributed by atoms with van der Waals surface area (Å²) in [4.78, 5) is 12.7. The highest BCUT2D eigenvalue weighted by molar-refractivity contribution is 5.69. The summed E-state index contributed by atoms with van der Waals surface area (Å²) in [5.41, 5.74) is 0. The van der Waals surface area contributed by atoms with Crippen LogP contribution in [0.3, 0.4) is 0 Å². The highest BCUT2D eigenvalue weighted by Gasteiger charge is 1.99. The van der Waals surface area contributed by atoms with Gasteiger partial charge in [-0.15, -0.1) is 0 Å². The number of carbonyl (C=O) groups is 1. The Morgan fingerprint density at radius 2 is 2.18 bits per heavy atom. The molecule has 0 heterocycles. The highest BCUT2D eigenvalue weighted by atomic mass is 16.5. The highest BCUT2D eigenvalue weighted by Crippen LogP contribution is 1.90. The monoisotopic (exact) mass is 158 g/mol. The lowest BCUT2D eigenvalue weighted by Gasteiger charge is -2.09. The van der Waals surface area contributed by atoms with Crippen LogP contribution in [0.25, 0.3) is 0 Å². The molecule has 3 heteroatoms. The number of nitrogens with zero attached hydrogens (tertiary/aromatic N) is 1. The van der Waals surface area contributed by atoms with Gasteiger partial charge >= 0.3 is 5.97 Å². The molecule has 0 saturated carbocycles. The Hall–Kier alpha value is -0.570. The van der Waals surface area contributed by atoms with Crippen LogP contribution in [0.1, 0.15) is 12.8 Å². The van der Waals surface area contributed by atoms with Gasteiger partial charge in [0.05, 0.1) is 0 Å². The Kier molecular flexibility index (Phi) is 5.84. The molecule has 3 nitrogen and oxygen atoms in total. The van der Waals surface area contributed by atoms with Gasteiger partial charge in [-0.25, -0.2) is 0 Å². The molecule has 0 saturated heterocycles. The van der Waals surface area contributed by atoms with Crippen molar-refractivity contribution in [3.05, 3.63) is 6.92 Å². The van der Waals surface area contributed by atoms with E-state index in [1.54, 1.807) is 0 Å². The van der Waals surface area contributed by atoms with Crippen LogP contribution in [0.5, 0.6) is 0 Å². The van der Waals surface area contributed by atoms with Gasteiger partial charge < -0.3 is 9.64 Å². The zero-order chi connectivity index (χ0) is 8.69. The number of esters is 1. The SMILES string of the molecule is [CH2]CCC(=O)OCCN(C)C. The predicted octanol–water partition coefficient (Wildman–Crippen LogP) is 0.705. The molecule has 65 valence electrons. The quantitative estimate of drug-likeness (QED) is 0.552. The van der Waals surface area contributed by atoms with Crippen molar-refractivity contribution in [1.29, 1.82) is 0 Å². The molecule has 0 fully saturated rings. The Balaban J connectivity index is 3.17. The van der Waals surface area contributed by atoms with Gasteiger partial charge in [0.15, 0.2) is 0 Å². The third-order valence-corrected chi connectivity index (χ3v) is 1.18. The third kappa shape index (κ3) is 7.33. The van der Waals surface area contributed by atoms with Gasteiger partial charge in [0.2, 0.25) is 0 Å². The van der Waals surface area contributed by atoms with Crippen LogP contribution >= 0.6 is 0 Å². The van der Waals surface area contributed by atoms with Crippen molar-refractivity contribution in [2.24, 2.45) is 0 Å². The maximum atomic E-state index is 10.7. The molecule has 0 aliphatic rings. The first-order valence-electron chi connectivity index (χ1n) is 3.76. The van der Waals surface area contributed by atoms with Crippen molar-refractivity contribution in [2.45, 2.75) is 12.8 Å². The van der Waals surface area contributed by atoms with E-state index in [4.69, 9.17) is 4.74 Å². The average molecular weight is 158 g/mol. The first-order chi connectivity index (χ1) is 5.16. The number of rotatable bonds is 5. The van der Waals surface area contributed by atoms with E-state index in [0.29, 0.717) is 19.4 Å². The molecule has 0 spiro atoms. The molecule has 1 radical (unpaired) electrons. The van der Waals surface area contributed by atoms with E-state index in [0.717, 1.165) is 6.54 Å². The molecule has 0 aliphatic heterocycles. The molecule has 0 aromatic carbocycles. The van der Waals surface area contributed by atoms with Crippen LogP contribution < -0.4 is 0 Å². The molecule has 0 unspecified atom stereocenters. The van der Waals surface area contributed by atoms with Crippen LogP contribution in [-0.2, 0) is 9.53 Å². The topological polar surface area (TPSA) is 29.5 Å². The number of likely N-dealkylation sites (N-methyl/N-ethyl adjacent to an activating group) is 1. The Labute approximate surface area is 68.3 Å². The van der Waals surface area contributed by atoms with E-state index in [2.05, 4.69) is 6.92 Å². The first-order valence-corrected chi connectivity index (χ1v) is 3.76. The maximum absolute atomic E-state index is 10.7. The van der Waals surface area contributed by atoms with Crippen molar-refractivity contribution < 1.29 is 9.53 Å². The minimum atomic E-state index is -0.151. The van der Waals surface area contributed by atoms with Crippen LogP contribution in [0, 0.1) is 6.92 Å². The fraction of sp³-hybridized carbons (Fsp3) is 0.750. The predicted molar refractivity (Wildman–Crippen MR) is 44.1 cm³/mol. The van der Waals surface area contributed by atoms with Crippen molar-refractivity contribution in [2.75, 3.05) is 27.2 Å². The van der Waals surface area contributed by atoms with Crippen molar-refractivity contribution in [3.63, 3.8) is 0 Å². The lowest BCUT2D eigenvalue weighted by Crippen LogP contribution is -2.19. The molecule has 0 N–H and O–H groups in total. The first kappa shape index (κ1) is 10.4. The number of hydrogen-bond donors (Lipinski definition) is 0. The molecule has 0 bridgehead atoms. The van der Waals surface area contributed by atoms with Gasteiger partial charge in [0.25, 0.3) is 0 Å². The third-order valence-electron chi connectivity index (χ3n) is 1.18. The second-order valence-corrected chi connectivity index (χ2v) is 2.63. The fourth-order valence-electron chi connectivity index (χ4n) is 0.559. The summed E-state index contributed by atoms with van der Waals surface area (Å²) in [6, 6.07) is 0. The van der Waals surface area contributed by atoms with Crippen LogP contribution in [0.2, 0.25) is 0 Å². The van der Waals surface area contributed by atoms with E-state index < -0.39 is 0 Å². The molecule has 0 aromatic heterocycles. The maximum Gasteiger partial charge on any atom is 0.305 e. The van der Waals surface area contributed by atoms with Gasteiger partial charge in [-0.2, -0.15) is 0 Å². The largest absolute Gasteiger partial charge is 0.464 e. The van der Waals surface area contributed by atoms with E-state index in [1.807, 2.05) is 19.0 Å². The summed E-state index contributed by atoms with van der Waals surface area (Å²) in [5, 5.41) is 0. The summed E-state index contributed by atoms with van der Waals surface area (Å²) < 4.78 is 4.87. The molecule has 0 aromatic rings. The van der Waals surface area contributed by atoms with E-state index in [-0.39, 0.29) is 5.97 Å². The summed E-state index contributed by atoms with van der Waals surface area (Å²) in [6.45, 7) is 4.82. The summed E-state index contributed by atoms with van der Waals surface area (Å²) >= 11 is 0. The van der Waals surface area contributed by atoms with E-state index >= 15 is 0 Å². The fourth-order valence-corrected chi connectivity index (χ4v) is 0.559.